The topological polar surface area (TPSA) is 110 Å². The van der Waals surface area contributed by atoms with Crippen molar-refractivity contribution >= 4 is 27.3 Å². The van der Waals surface area contributed by atoms with E-state index in [-0.39, 0.29) is 11.4 Å². The van der Waals surface area contributed by atoms with E-state index in [4.69, 9.17) is 0 Å². The molecule has 0 spiro atoms. The number of hydrogen-bond donors (Lipinski definition) is 1. The number of sulfonamides is 1. The van der Waals surface area contributed by atoms with Gasteiger partial charge in [0.25, 0.3) is 5.69 Å². The summed E-state index contributed by atoms with van der Waals surface area (Å²) >= 11 is 0. The lowest BCUT2D eigenvalue weighted by atomic mass is 10.1. The van der Waals surface area contributed by atoms with E-state index in [1.807, 2.05) is 0 Å². The molecule has 2 rings (SSSR count). The number of hydrogen-bond acceptors (Lipinski definition) is 5. The fourth-order valence-electron chi connectivity index (χ4n) is 2.41. The summed E-state index contributed by atoms with van der Waals surface area (Å²) in [5.74, 6) is -0.604. The van der Waals surface area contributed by atoms with Crippen LogP contribution in [0.5, 0.6) is 0 Å². The van der Waals surface area contributed by atoms with Gasteiger partial charge in [-0.1, -0.05) is 36.4 Å². The Kier molecular flexibility index (Phi) is 5.73. The molecule has 0 bridgehead atoms. The van der Waals surface area contributed by atoms with E-state index >= 15 is 0 Å². The van der Waals surface area contributed by atoms with Gasteiger partial charge < -0.3 is 5.32 Å². The van der Waals surface area contributed by atoms with Crippen LogP contribution in [0.15, 0.2) is 48.5 Å². The molecule has 1 atom stereocenters. The maximum atomic E-state index is 12.8. The highest BCUT2D eigenvalue weighted by atomic mass is 32.2. The minimum Gasteiger partial charge on any atom is -0.324 e. The number of likely N-dealkylation sites (N-methyl/N-ethyl adjacent to an activating group) is 1. The summed E-state index contributed by atoms with van der Waals surface area (Å²) < 4.78 is 24.9. The molecule has 8 nitrogen and oxygen atoms in total. The molecule has 2 aromatic carbocycles. The predicted octanol–water partition coefficient (Wildman–Crippen LogP) is 2.47. The van der Waals surface area contributed by atoms with Gasteiger partial charge in [0.2, 0.25) is 15.9 Å². The summed E-state index contributed by atoms with van der Waals surface area (Å²) in [6, 6.07) is 11.4. The van der Waals surface area contributed by atoms with Crippen molar-refractivity contribution in [1.82, 2.24) is 4.31 Å². The van der Waals surface area contributed by atoms with Gasteiger partial charge >= 0.3 is 0 Å². The second-order valence-corrected chi connectivity index (χ2v) is 7.88. The number of rotatable bonds is 6. The Morgan fingerprint density at radius 2 is 1.81 bits per heavy atom. The third kappa shape index (κ3) is 4.44. The third-order valence-electron chi connectivity index (χ3n) is 3.94. The maximum Gasteiger partial charge on any atom is 0.271 e. The van der Waals surface area contributed by atoms with Gasteiger partial charge in [-0.15, -0.1) is 0 Å². The summed E-state index contributed by atoms with van der Waals surface area (Å²) in [6.07, 6.45) is 1.01. The number of nitro benzene ring substituents is 1. The number of anilines is 1. The average Bonchev–Trinajstić information content (AvgIpc) is 2.57. The van der Waals surface area contributed by atoms with Gasteiger partial charge in [0.1, 0.15) is 6.04 Å². The molecule has 1 N–H and O–H groups in total. The van der Waals surface area contributed by atoms with Gasteiger partial charge in [-0.25, -0.2) is 8.42 Å². The highest BCUT2D eigenvalue weighted by molar-refractivity contribution is 7.88. The first-order valence-corrected chi connectivity index (χ1v) is 9.50. The van der Waals surface area contributed by atoms with E-state index in [0.29, 0.717) is 11.1 Å². The van der Waals surface area contributed by atoms with Gasteiger partial charge in [0.05, 0.1) is 16.9 Å². The molecule has 0 saturated carbocycles. The smallest absolute Gasteiger partial charge is 0.271 e. The summed E-state index contributed by atoms with van der Waals surface area (Å²) in [5, 5.41) is 13.6. The Morgan fingerprint density at radius 1 is 1.19 bits per heavy atom. The van der Waals surface area contributed by atoms with Crippen molar-refractivity contribution in [3.8, 4) is 0 Å². The zero-order valence-corrected chi connectivity index (χ0v) is 15.4. The first-order chi connectivity index (χ1) is 12.1. The Bertz CT molecular complexity index is 929. The largest absolute Gasteiger partial charge is 0.324 e. The average molecular weight is 377 g/mol. The van der Waals surface area contributed by atoms with E-state index in [1.54, 1.807) is 37.3 Å². The number of benzene rings is 2. The van der Waals surface area contributed by atoms with Crippen LogP contribution < -0.4 is 5.32 Å². The van der Waals surface area contributed by atoms with E-state index in [2.05, 4.69) is 5.32 Å². The number of carbonyl (C=O) groups excluding carboxylic acids is 1. The molecule has 0 heterocycles. The van der Waals surface area contributed by atoms with Crippen molar-refractivity contribution in [3.63, 3.8) is 0 Å². The van der Waals surface area contributed by atoms with Crippen LogP contribution in [-0.4, -0.2) is 36.9 Å². The monoisotopic (exact) mass is 377 g/mol. The Balaban J connectivity index is 2.42. The molecule has 0 aliphatic rings. The van der Waals surface area contributed by atoms with E-state index in [0.717, 1.165) is 10.6 Å². The lowest BCUT2D eigenvalue weighted by molar-refractivity contribution is -0.384. The quantitative estimate of drug-likeness (QED) is 0.614. The summed E-state index contributed by atoms with van der Waals surface area (Å²) in [4.78, 5) is 23.2. The van der Waals surface area contributed by atoms with E-state index in [9.17, 15) is 23.3 Å². The lowest BCUT2D eigenvalue weighted by Crippen LogP contribution is -2.38. The molecule has 0 unspecified atom stereocenters. The zero-order valence-electron chi connectivity index (χ0n) is 14.5. The molecule has 9 heteroatoms. The summed E-state index contributed by atoms with van der Waals surface area (Å²) in [6.45, 7) is 1.69. The fourth-order valence-corrected chi connectivity index (χ4v) is 3.01. The summed E-state index contributed by atoms with van der Waals surface area (Å²) in [5.41, 5.74) is 1.20. The Labute approximate surface area is 151 Å². The lowest BCUT2D eigenvalue weighted by Gasteiger charge is -2.26. The zero-order chi connectivity index (χ0) is 19.5. The Hall–Kier alpha value is -2.78. The first kappa shape index (κ1) is 19.5. The van der Waals surface area contributed by atoms with Gasteiger partial charge in [-0.2, -0.15) is 4.31 Å². The van der Waals surface area contributed by atoms with E-state index in [1.165, 1.54) is 25.2 Å². The van der Waals surface area contributed by atoms with Crippen molar-refractivity contribution in [3.05, 3.63) is 69.8 Å². The number of amides is 1. The number of nitro groups is 1. The fraction of sp³-hybridized carbons (Fsp3) is 0.235. The van der Waals surface area contributed by atoms with Crippen LogP contribution >= 0.6 is 0 Å². The molecule has 0 saturated heterocycles. The van der Waals surface area contributed by atoms with Crippen LogP contribution in [0.25, 0.3) is 0 Å². The first-order valence-electron chi connectivity index (χ1n) is 7.65. The van der Waals surface area contributed by atoms with Crippen molar-refractivity contribution in [2.75, 3.05) is 18.6 Å². The molecule has 2 aromatic rings. The standard InChI is InChI=1S/C17H19N3O5S/c1-12-9-10-14(20(22)23)11-15(12)18-17(21)16(19(2)26(3,24)25)13-7-5-4-6-8-13/h4-11,16H,1-3H3,(H,18,21)/t16-/m0/s1. The van der Waals surface area contributed by atoms with Gasteiger partial charge in [-0.3, -0.25) is 14.9 Å². The molecule has 0 aliphatic carbocycles. The van der Waals surface area contributed by atoms with Crippen LogP contribution in [0, 0.1) is 17.0 Å². The van der Waals surface area contributed by atoms with Gasteiger partial charge in [0, 0.05) is 19.2 Å². The van der Waals surface area contributed by atoms with Crippen LogP contribution in [0.3, 0.4) is 0 Å². The normalized spacial score (nSPS) is 12.6. The Morgan fingerprint density at radius 3 is 2.35 bits per heavy atom. The SMILES string of the molecule is Cc1ccc([N+](=O)[O-])cc1NC(=O)[C@H](c1ccccc1)N(C)S(C)(=O)=O. The highest BCUT2D eigenvalue weighted by Gasteiger charge is 2.31. The second kappa shape index (κ2) is 7.63. The molecule has 138 valence electrons. The van der Waals surface area contributed by atoms with Gasteiger partial charge in [0.15, 0.2) is 0 Å². The summed E-state index contributed by atoms with van der Waals surface area (Å²) in [7, 11) is -2.34. The number of nitrogens with one attached hydrogen (secondary N) is 1. The molecule has 26 heavy (non-hydrogen) atoms. The maximum absolute atomic E-state index is 12.8. The van der Waals surface area contributed by atoms with Crippen molar-refractivity contribution in [2.24, 2.45) is 0 Å². The molecule has 0 aromatic heterocycles. The molecule has 0 radical (unpaired) electrons. The number of non-ortho nitro benzene ring substituents is 1. The minimum atomic E-state index is -3.65. The van der Waals surface area contributed by atoms with Gasteiger partial charge in [-0.05, 0) is 18.1 Å². The predicted molar refractivity (Wildman–Crippen MR) is 98.3 cm³/mol. The van der Waals surface area contributed by atoms with Crippen LogP contribution in [-0.2, 0) is 14.8 Å². The highest BCUT2D eigenvalue weighted by Crippen LogP contribution is 2.26. The number of carbonyl (C=O) groups is 1. The number of aryl methyl sites for hydroxylation is 1. The van der Waals surface area contributed by atoms with Crippen LogP contribution in [0.1, 0.15) is 17.2 Å². The molecular formula is C17H19N3O5S. The third-order valence-corrected chi connectivity index (χ3v) is 5.20. The molecular weight excluding hydrogens is 358 g/mol. The number of nitrogens with zero attached hydrogens (tertiary/aromatic N) is 2. The van der Waals surface area contributed by atoms with Crippen LogP contribution in [0.4, 0.5) is 11.4 Å². The molecule has 1 amide bonds. The van der Waals surface area contributed by atoms with Crippen molar-refractivity contribution in [2.45, 2.75) is 13.0 Å². The van der Waals surface area contributed by atoms with Crippen molar-refractivity contribution in [1.29, 1.82) is 0 Å². The molecule has 0 aliphatic heterocycles. The van der Waals surface area contributed by atoms with E-state index < -0.39 is 26.9 Å². The molecule has 0 fully saturated rings. The van der Waals surface area contributed by atoms with Crippen LogP contribution in [0.2, 0.25) is 0 Å². The van der Waals surface area contributed by atoms with Crippen molar-refractivity contribution < 1.29 is 18.1 Å². The minimum absolute atomic E-state index is 0.168. The second-order valence-electron chi connectivity index (χ2n) is 5.84.